The van der Waals surface area contributed by atoms with Crippen LogP contribution < -0.4 is 0 Å². The van der Waals surface area contributed by atoms with Crippen LogP contribution in [-0.2, 0) is 4.74 Å². The molecule has 0 aliphatic carbocycles. The van der Waals surface area contributed by atoms with E-state index in [9.17, 15) is 0 Å². The van der Waals surface area contributed by atoms with Gasteiger partial charge < -0.3 is 4.74 Å². The van der Waals surface area contributed by atoms with Gasteiger partial charge in [-0.05, 0) is 37.8 Å². The van der Waals surface area contributed by atoms with E-state index in [1.54, 1.807) is 0 Å². The Morgan fingerprint density at radius 3 is 2.13 bits per heavy atom. The van der Waals surface area contributed by atoms with E-state index in [2.05, 4.69) is 24.8 Å². The molecule has 0 fully saturated rings. The summed E-state index contributed by atoms with van der Waals surface area (Å²) in [5, 5.41) is 0. The van der Waals surface area contributed by atoms with Gasteiger partial charge >= 0.3 is 0 Å². The summed E-state index contributed by atoms with van der Waals surface area (Å²) >= 11 is 5.57. The molecule has 0 saturated carbocycles. The van der Waals surface area contributed by atoms with E-state index in [-0.39, 0.29) is 0 Å². The molecule has 0 rings (SSSR count). The van der Waals surface area contributed by atoms with Crippen molar-refractivity contribution < 1.29 is 4.74 Å². The van der Waals surface area contributed by atoms with Gasteiger partial charge in [0.1, 0.15) is 0 Å². The Hall–Kier alpha value is -0.490. The second kappa shape index (κ2) is 21.5. The maximum atomic E-state index is 5.57. The summed E-state index contributed by atoms with van der Waals surface area (Å²) in [5.41, 5.74) is 3.10. The molecular weight excluding hydrogens is 304 g/mol. The van der Waals surface area contributed by atoms with Crippen molar-refractivity contribution in [2.24, 2.45) is 0 Å². The van der Waals surface area contributed by atoms with E-state index < -0.39 is 0 Å². The Labute approximate surface area is 149 Å². The molecule has 0 aromatic heterocycles. The van der Waals surface area contributed by atoms with Gasteiger partial charge in [-0.15, -0.1) is 17.3 Å². The molecule has 0 aliphatic rings. The van der Waals surface area contributed by atoms with Crippen molar-refractivity contribution in [3.63, 3.8) is 0 Å². The molecule has 134 valence electrons. The lowest BCUT2D eigenvalue weighted by atomic mass is 10.1. The minimum atomic E-state index is 0.668. The summed E-state index contributed by atoms with van der Waals surface area (Å²) in [4.78, 5) is 0. The van der Waals surface area contributed by atoms with Crippen LogP contribution >= 0.6 is 11.6 Å². The van der Waals surface area contributed by atoms with E-state index >= 15 is 0 Å². The monoisotopic (exact) mass is 340 g/mol. The summed E-state index contributed by atoms with van der Waals surface area (Å²) in [6, 6.07) is 0. The Kier molecular flexibility index (Phi) is 21.1. The van der Waals surface area contributed by atoms with Gasteiger partial charge in [-0.3, -0.25) is 0 Å². The van der Waals surface area contributed by atoms with E-state index in [1.165, 1.54) is 64.2 Å². The Balaban J connectivity index is 3.15. The zero-order valence-corrected chi connectivity index (χ0v) is 16.0. The first-order chi connectivity index (χ1) is 11.4. The molecule has 0 aromatic carbocycles. The van der Waals surface area contributed by atoms with E-state index in [1.807, 2.05) is 12.2 Å². The molecule has 0 aromatic rings. The zero-order valence-electron chi connectivity index (χ0n) is 15.2. The molecule has 0 radical (unpaired) electrons. The third-order valence-electron chi connectivity index (χ3n) is 3.75. The maximum Gasteiger partial charge on any atom is 0.0647 e. The van der Waals surface area contributed by atoms with Crippen LogP contribution in [-0.4, -0.2) is 19.1 Å². The van der Waals surface area contributed by atoms with Crippen molar-refractivity contribution in [2.45, 2.75) is 84.0 Å². The molecule has 0 atom stereocenters. The molecule has 0 heterocycles. The number of halogens is 1. The van der Waals surface area contributed by atoms with E-state index in [0.717, 1.165) is 26.1 Å². The highest BCUT2D eigenvalue weighted by Gasteiger charge is 1.91. The third kappa shape index (κ3) is 21.5. The van der Waals surface area contributed by atoms with Crippen LogP contribution in [0.25, 0.3) is 0 Å². The molecule has 0 amide bonds. The first kappa shape index (κ1) is 22.5. The smallest absolute Gasteiger partial charge is 0.0647 e. The second-order valence-corrected chi connectivity index (χ2v) is 6.38. The molecule has 0 aliphatic heterocycles. The van der Waals surface area contributed by atoms with E-state index in [4.69, 9.17) is 16.3 Å². The highest BCUT2D eigenvalue weighted by atomic mass is 35.5. The summed E-state index contributed by atoms with van der Waals surface area (Å²) in [6.45, 7) is 3.78. The fourth-order valence-corrected chi connectivity index (χ4v) is 2.47. The summed E-state index contributed by atoms with van der Waals surface area (Å²) in [7, 11) is 0. The number of alkyl halides is 1. The van der Waals surface area contributed by atoms with Crippen LogP contribution in [0.4, 0.5) is 0 Å². The first-order valence-electron chi connectivity index (χ1n) is 9.60. The Morgan fingerprint density at radius 1 is 0.783 bits per heavy atom. The molecule has 1 nitrogen and oxygen atoms in total. The number of rotatable bonds is 17. The largest absolute Gasteiger partial charge is 0.377 e. The number of ether oxygens (including phenoxy) is 1. The van der Waals surface area contributed by atoms with Crippen LogP contribution in [0.3, 0.4) is 0 Å². The SMILES string of the molecule is CCCCCCCCCCC/C=C\COCCC=C=CCCCl. The van der Waals surface area contributed by atoms with Crippen LogP contribution in [0.5, 0.6) is 0 Å². The number of allylic oxidation sites excluding steroid dienone is 1. The fourth-order valence-electron chi connectivity index (χ4n) is 2.36. The predicted molar refractivity (Wildman–Crippen MR) is 104 cm³/mol. The zero-order chi connectivity index (χ0) is 16.8. The normalized spacial score (nSPS) is 10.9. The van der Waals surface area contributed by atoms with Crippen LogP contribution in [0.1, 0.15) is 84.0 Å². The quantitative estimate of drug-likeness (QED) is 0.118. The molecule has 23 heavy (non-hydrogen) atoms. The summed E-state index contributed by atoms with van der Waals surface area (Å²) < 4.78 is 5.53. The Bertz CT molecular complexity index is 303. The van der Waals surface area contributed by atoms with Crippen molar-refractivity contribution in [3.8, 4) is 0 Å². The van der Waals surface area contributed by atoms with Gasteiger partial charge in [0, 0.05) is 5.88 Å². The predicted octanol–water partition coefficient (Wildman–Crippen LogP) is 7.21. The second-order valence-electron chi connectivity index (χ2n) is 6.00. The van der Waals surface area contributed by atoms with Crippen molar-refractivity contribution in [1.29, 1.82) is 0 Å². The van der Waals surface area contributed by atoms with Gasteiger partial charge in [-0.2, -0.15) is 0 Å². The lowest BCUT2D eigenvalue weighted by Crippen LogP contribution is -1.92. The summed E-state index contributed by atoms with van der Waals surface area (Å²) in [6.07, 6.45) is 24.0. The molecule has 0 saturated heterocycles. The molecule has 0 bridgehead atoms. The molecule has 0 N–H and O–H groups in total. The third-order valence-corrected chi connectivity index (χ3v) is 3.97. The standard InChI is InChI=1S/C21H37ClO/c1-2-3-4-5-6-7-8-9-10-11-14-17-20-23-21-18-15-12-13-16-19-22/h13-15,17H,2-11,16,18-21H2,1H3/b17-14-. The van der Waals surface area contributed by atoms with Gasteiger partial charge in [0.2, 0.25) is 0 Å². The minimum Gasteiger partial charge on any atom is -0.377 e. The highest BCUT2D eigenvalue weighted by Crippen LogP contribution is 2.10. The average Bonchev–Trinajstić information content (AvgIpc) is 2.57. The highest BCUT2D eigenvalue weighted by molar-refractivity contribution is 6.17. The summed E-state index contributed by atoms with van der Waals surface area (Å²) in [5.74, 6) is 0.668. The van der Waals surface area contributed by atoms with Gasteiger partial charge in [0.05, 0.1) is 13.2 Å². The van der Waals surface area contributed by atoms with Gasteiger partial charge in [0.15, 0.2) is 0 Å². The van der Waals surface area contributed by atoms with Crippen molar-refractivity contribution >= 4 is 11.6 Å². The van der Waals surface area contributed by atoms with Crippen molar-refractivity contribution in [1.82, 2.24) is 0 Å². The minimum absolute atomic E-state index is 0.668. The van der Waals surface area contributed by atoms with Gasteiger partial charge in [0.25, 0.3) is 0 Å². The first-order valence-corrected chi connectivity index (χ1v) is 10.1. The molecular formula is C21H37ClO. The van der Waals surface area contributed by atoms with Crippen molar-refractivity contribution in [2.75, 3.05) is 19.1 Å². The lowest BCUT2D eigenvalue weighted by molar-refractivity contribution is 0.167. The molecule has 0 spiro atoms. The van der Waals surface area contributed by atoms with Crippen LogP contribution in [0.15, 0.2) is 30.0 Å². The van der Waals surface area contributed by atoms with Crippen LogP contribution in [0, 0.1) is 0 Å². The topological polar surface area (TPSA) is 9.23 Å². The lowest BCUT2D eigenvalue weighted by Gasteiger charge is -2.00. The van der Waals surface area contributed by atoms with E-state index in [0.29, 0.717) is 5.88 Å². The molecule has 2 heteroatoms. The Morgan fingerprint density at radius 2 is 1.43 bits per heavy atom. The number of hydrogen-bond donors (Lipinski definition) is 0. The number of hydrogen-bond acceptors (Lipinski definition) is 1. The number of unbranched alkanes of at least 4 members (excludes halogenated alkanes) is 9. The fraction of sp³-hybridized carbons (Fsp3) is 0.762. The van der Waals surface area contributed by atoms with Crippen LogP contribution in [0.2, 0.25) is 0 Å². The average molecular weight is 341 g/mol. The van der Waals surface area contributed by atoms with Gasteiger partial charge in [-0.1, -0.05) is 70.4 Å². The molecule has 0 unspecified atom stereocenters. The van der Waals surface area contributed by atoms with Gasteiger partial charge in [-0.25, -0.2) is 0 Å². The maximum absolute atomic E-state index is 5.57. The van der Waals surface area contributed by atoms with Crippen molar-refractivity contribution in [3.05, 3.63) is 30.0 Å².